The maximum Gasteiger partial charge on any atom is 0.416 e. The highest BCUT2D eigenvalue weighted by Gasteiger charge is 2.34. The Morgan fingerprint density at radius 1 is 1.05 bits per heavy atom. The van der Waals surface area contributed by atoms with Crippen LogP contribution in [0.15, 0.2) is 60.9 Å². The maximum atomic E-state index is 14.0. The Labute approximate surface area is 237 Å². The van der Waals surface area contributed by atoms with E-state index in [4.69, 9.17) is 4.74 Å². The number of carbonyl (C=O) groups is 1. The van der Waals surface area contributed by atoms with Crippen LogP contribution in [-0.4, -0.2) is 65.4 Å². The molecule has 0 radical (unpaired) electrons. The zero-order valence-electron chi connectivity index (χ0n) is 23.2. The summed E-state index contributed by atoms with van der Waals surface area (Å²) in [7, 11) is 1.61. The van der Waals surface area contributed by atoms with E-state index in [2.05, 4.69) is 32.0 Å². The average Bonchev–Trinajstić information content (AvgIpc) is 3.45. The normalized spacial score (nSPS) is 14.9. The Hall–Kier alpha value is -3.89. The number of alkyl halides is 3. The van der Waals surface area contributed by atoms with Gasteiger partial charge in [-0.15, -0.1) is 0 Å². The van der Waals surface area contributed by atoms with Gasteiger partial charge in [0.15, 0.2) is 5.78 Å². The molecule has 216 valence electrons. The zero-order valence-corrected chi connectivity index (χ0v) is 23.2. The highest BCUT2D eigenvalue weighted by atomic mass is 19.4. The molecule has 5 rings (SSSR count). The first-order valence-electron chi connectivity index (χ1n) is 13.7. The number of halogens is 3. The number of ketones is 1. The SMILES string of the molecule is CCN1CCN(Cc2ccc(CC(=O)c3cccc(NCc4cnc5[nH]ccc5c4OC)c3)cc2C(F)(F)F)CC1. The molecule has 1 saturated heterocycles. The summed E-state index contributed by atoms with van der Waals surface area (Å²) in [5.74, 6) is 0.460. The number of hydrogen-bond acceptors (Lipinski definition) is 6. The minimum Gasteiger partial charge on any atom is -0.496 e. The van der Waals surface area contributed by atoms with Gasteiger partial charge in [0.05, 0.1) is 18.1 Å². The number of nitrogens with zero attached hydrogens (tertiary/aromatic N) is 3. The van der Waals surface area contributed by atoms with Gasteiger partial charge in [-0.2, -0.15) is 13.2 Å². The number of rotatable bonds is 10. The molecule has 0 unspecified atom stereocenters. The molecule has 41 heavy (non-hydrogen) atoms. The van der Waals surface area contributed by atoms with Crippen molar-refractivity contribution in [1.29, 1.82) is 0 Å². The Morgan fingerprint density at radius 2 is 1.83 bits per heavy atom. The number of piperazine rings is 1. The van der Waals surface area contributed by atoms with Gasteiger partial charge in [-0.1, -0.05) is 31.2 Å². The summed E-state index contributed by atoms with van der Waals surface area (Å²) in [5.41, 5.74) is 2.63. The van der Waals surface area contributed by atoms with Gasteiger partial charge in [0.25, 0.3) is 0 Å². The molecule has 0 saturated carbocycles. The van der Waals surface area contributed by atoms with Crippen molar-refractivity contribution in [2.24, 2.45) is 0 Å². The van der Waals surface area contributed by atoms with Crippen LogP contribution < -0.4 is 10.1 Å². The number of nitrogens with one attached hydrogen (secondary N) is 2. The van der Waals surface area contributed by atoms with Crippen LogP contribution in [0.1, 0.15) is 39.5 Å². The number of anilines is 1. The molecule has 10 heteroatoms. The van der Waals surface area contributed by atoms with E-state index in [1.165, 1.54) is 6.07 Å². The van der Waals surface area contributed by atoms with Crippen LogP contribution in [0.25, 0.3) is 11.0 Å². The number of pyridine rings is 1. The number of aromatic amines is 1. The lowest BCUT2D eigenvalue weighted by Gasteiger charge is -2.34. The molecular weight excluding hydrogens is 531 g/mol. The molecule has 2 N–H and O–H groups in total. The standard InChI is InChI=1S/C31H34F3N5O2/c1-3-38-11-13-39(14-12-38)20-23-8-7-21(15-27(23)31(32,33)34)16-28(40)22-5-4-6-25(17-22)36-18-24-19-37-30-26(9-10-35-30)29(24)41-2/h4-10,15,17,19,36H,3,11-14,16,18,20H2,1-2H3,(H,35,37). The maximum absolute atomic E-state index is 14.0. The lowest BCUT2D eigenvalue weighted by molar-refractivity contribution is -0.138. The topological polar surface area (TPSA) is 73.5 Å². The van der Waals surface area contributed by atoms with Crippen LogP contribution in [0, 0.1) is 0 Å². The number of hydrogen-bond donors (Lipinski definition) is 2. The predicted molar refractivity (Wildman–Crippen MR) is 153 cm³/mol. The summed E-state index contributed by atoms with van der Waals surface area (Å²) >= 11 is 0. The number of Topliss-reactive ketones (excluding diaryl/α,β-unsaturated/α-hetero) is 1. The highest BCUT2D eigenvalue weighted by molar-refractivity contribution is 5.98. The number of benzene rings is 2. The van der Waals surface area contributed by atoms with Gasteiger partial charge in [-0.05, 0) is 41.9 Å². The van der Waals surface area contributed by atoms with E-state index in [-0.39, 0.29) is 24.3 Å². The number of fused-ring (bicyclic) bond motifs is 1. The number of carbonyl (C=O) groups excluding carboxylic acids is 1. The second-order valence-electron chi connectivity index (χ2n) is 10.3. The number of aromatic nitrogens is 2. The molecule has 7 nitrogen and oxygen atoms in total. The lowest BCUT2D eigenvalue weighted by atomic mass is 9.97. The van der Waals surface area contributed by atoms with Crippen LogP contribution in [0.2, 0.25) is 0 Å². The van der Waals surface area contributed by atoms with Gasteiger partial charge in [-0.25, -0.2) is 4.98 Å². The lowest BCUT2D eigenvalue weighted by Crippen LogP contribution is -2.45. The first-order valence-corrected chi connectivity index (χ1v) is 13.7. The molecule has 2 aromatic carbocycles. The van der Waals surface area contributed by atoms with Crippen molar-refractivity contribution in [3.63, 3.8) is 0 Å². The van der Waals surface area contributed by atoms with E-state index in [1.807, 2.05) is 12.1 Å². The smallest absolute Gasteiger partial charge is 0.416 e. The molecule has 0 amide bonds. The molecule has 1 fully saturated rings. The fourth-order valence-electron chi connectivity index (χ4n) is 5.32. The molecular formula is C31H34F3N5O2. The fourth-order valence-corrected chi connectivity index (χ4v) is 5.32. The van der Waals surface area contributed by atoms with Crippen LogP contribution in [0.3, 0.4) is 0 Å². The van der Waals surface area contributed by atoms with Crippen LogP contribution >= 0.6 is 0 Å². The van der Waals surface area contributed by atoms with E-state index in [0.29, 0.717) is 29.1 Å². The summed E-state index contributed by atoms with van der Waals surface area (Å²) in [5, 5.41) is 4.17. The Morgan fingerprint density at radius 3 is 2.56 bits per heavy atom. The van der Waals surface area contributed by atoms with E-state index in [1.54, 1.807) is 43.8 Å². The first-order chi connectivity index (χ1) is 19.7. The van der Waals surface area contributed by atoms with Gasteiger partial charge in [0.1, 0.15) is 11.4 Å². The third-order valence-corrected chi connectivity index (χ3v) is 7.63. The molecule has 1 aliphatic heterocycles. The van der Waals surface area contributed by atoms with Crippen molar-refractivity contribution in [1.82, 2.24) is 19.8 Å². The van der Waals surface area contributed by atoms with E-state index < -0.39 is 11.7 Å². The summed E-state index contributed by atoms with van der Waals surface area (Å²) in [4.78, 5) is 24.9. The largest absolute Gasteiger partial charge is 0.496 e. The minimum atomic E-state index is -4.50. The number of likely N-dealkylation sites (N-methyl/N-ethyl adjacent to an activating group) is 1. The summed E-state index contributed by atoms with van der Waals surface area (Å²) in [6, 6.07) is 13.2. The Kier molecular flexibility index (Phi) is 8.60. The number of methoxy groups -OCH3 is 1. The van der Waals surface area contributed by atoms with Crippen molar-refractivity contribution in [3.8, 4) is 5.75 Å². The molecule has 0 bridgehead atoms. The zero-order chi connectivity index (χ0) is 29.0. The monoisotopic (exact) mass is 565 g/mol. The highest BCUT2D eigenvalue weighted by Crippen LogP contribution is 2.34. The molecule has 4 aromatic rings. The summed E-state index contributed by atoms with van der Waals surface area (Å²) in [6.07, 6.45) is -1.09. The average molecular weight is 566 g/mol. The molecule has 0 aliphatic carbocycles. The van der Waals surface area contributed by atoms with Crippen molar-refractivity contribution in [2.45, 2.75) is 32.6 Å². The van der Waals surface area contributed by atoms with Crippen molar-refractivity contribution in [3.05, 3.63) is 88.7 Å². The van der Waals surface area contributed by atoms with Gasteiger partial charge < -0.3 is 19.9 Å². The molecule has 0 spiro atoms. The molecule has 0 atom stereocenters. The third kappa shape index (κ3) is 6.71. The van der Waals surface area contributed by atoms with E-state index in [0.717, 1.165) is 55.4 Å². The van der Waals surface area contributed by atoms with Crippen LogP contribution in [0.4, 0.5) is 18.9 Å². The summed E-state index contributed by atoms with van der Waals surface area (Å²) in [6.45, 7) is 6.87. The van der Waals surface area contributed by atoms with Gasteiger partial charge >= 0.3 is 6.18 Å². The number of ether oxygens (including phenoxy) is 1. The van der Waals surface area contributed by atoms with Crippen molar-refractivity contribution >= 4 is 22.5 Å². The summed E-state index contributed by atoms with van der Waals surface area (Å²) < 4.78 is 47.7. The van der Waals surface area contributed by atoms with Gasteiger partial charge in [-0.3, -0.25) is 9.69 Å². The third-order valence-electron chi connectivity index (χ3n) is 7.63. The first kappa shape index (κ1) is 28.6. The fraction of sp³-hybridized carbons (Fsp3) is 0.355. The predicted octanol–water partition coefficient (Wildman–Crippen LogP) is 5.77. The second kappa shape index (κ2) is 12.3. The Bertz CT molecular complexity index is 1510. The van der Waals surface area contributed by atoms with E-state index in [9.17, 15) is 18.0 Å². The molecule has 1 aliphatic rings. The van der Waals surface area contributed by atoms with E-state index >= 15 is 0 Å². The van der Waals surface area contributed by atoms with Crippen molar-refractivity contribution in [2.75, 3.05) is 45.2 Å². The van der Waals surface area contributed by atoms with Gasteiger partial charge in [0, 0.05) is 74.9 Å². The van der Waals surface area contributed by atoms with Crippen LogP contribution in [-0.2, 0) is 25.7 Å². The van der Waals surface area contributed by atoms with Crippen molar-refractivity contribution < 1.29 is 22.7 Å². The van der Waals surface area contributed by atoms with Gasteiger partial charge in [0.2, 0.25) is 0 Å². The number of H-pyrrole nitrogens is 1. The van der Waals surface area contributed by atoms with Crippen LogP contribution in [0.5, 0.6) is 5.75 Å². The Balaban J connectivity index is 1.27. The molecule has 2 aromatic heterocycles. The second-order valence-corrected chi connectivity index (χ2v) is 10.3. The molecule has 3 heterocycles. The quantitative estimate of drug-likeness (QED) is 0.238. The minimum absolute atomic E-state index is 0.121.